The van der Waals surface area contributed by atoms with Crippen LogP contribution < -0.4 is 14.8 Å². The molecule has 1 aliphatic heterocycles. The topological polar surface area (TPSA) is 65.4 Å². The molecule has 6 nitrogen and oxygen atoms in total. The number of benzene rings is 1. The Hall–Kier alpha value is -2.50. The number of ether oxygens (including phenoxy) is 2. The van der Waals surface area contributed by atoms with Gasteiger partial charge >= 0.3 is 0 Å². The zero-order valence-electron chi connectivity index (χ0n) is 9.71. The van der Waals surface area contributed by atoms with Crippen LogP contribution >= 0.6 is 0 Å². The number of nitrogens with one attached hydrogen (secondary N) is 1. The number of anilines is 1. The van der Waals surface area contributed by atoms with E-state index < -0.39 is 0 Å². The molecule has 0 spiro atoms. The van der Waals surface area contributed by atoms with Gasteiger partial charge in [-0.05, 0) is 18.2 Å². The van der Waals surface area contributed by atoms with E-state index >= 15 is 0 Å². The number of aryl methyl sites for hydroxylation is 1. The average molecular weight is 245 g/mol. The molecule has 1 amide bonds. The van der Waals surface area contributed by atoms with Crippen LogP contribution in [-0.4, -0.2) is 22.3 Å². The second-order valence-corrected chi connectivity index (χ2v) is 3.88. The largest absolute Gasteiger partial charge is 0.454 e. The van der Waals surface area contributed by atoms with Gasteiger partial charge in [-0.25, -0.2) is 4.98 Å². The molecule has 0 fully saturated rings. The molecule has 0 unspecified atom stereocenters. The van der Waals surface area contributed by atoms with Crippen molar-refractivity contribution in [3.05, 3.63) is 36.2 Å². The summed E-state index contributed by atoms with van der Waals surface area (Å²) in [5, 5.41) is 2.71. The Kier molecular flexibility index (Phi) is 2.40. The third-order valence-electron chi connectivity index (χ3n) is 2.68. The summed E-state index contributed by atoms with van der Waals surface area (Å²) in [7, 11) is 1.81. The smallest absolute Gasteiger partial charge is 0.258 e. The van der Waals surface area contributed by atoms with E-state index in [-0.39, 0.29) is 12.7 Å². The lowest BCUT2D eigenvalue weighted by Gasteiger charge is -2.05. The minimum Gasteiger partial charge on any atom is -0.454 e. The molecule has 0 atom stereocenters. The maximum Gasteiger partial charge on any atom is 0.258 e. The molecule has 18 heavy (non-hydrogen) atoms. The number of amides is 1. The Bertz CT molecular complexity index is 606. The van der Waals surface area contributed by atoms with Crippen molar-refractivity contribution in [3.63, 3.8) is 0 Å². The first-order valence-corrected chi connectivity index (χ1v) is 5.42. The monoisotopic (exact) mass is 245 g/mol. The number of nitrogens with zero attached hydrogens (tertiary/aromatic N) is 2. The van der Waals surface area contributed by atoms with Crippen LogP contribution in [0.1, 0.15) is 10.4 Å². The summed E-state index contributed by atoms with van der Waals surface area (Å²) in [5.74, 6) is 1.51. The highest BCUT2D eigenvalue weighted by Crippen LogP contribution is 2.32. The lowest BCUT2D eigenvalue weighted by Crippen LogP contribution is -2.14. The third kappa shape index (κ3) is 1.77. The molecular formula is C12H11N3O3. The predicted octanol–water partition coefficient (Wildman–Crippen LogP) is 1.40. The van der Waals surface area contributed by atoms with Gasteiger partial charge in [-0.3, -0.25) is 10.1 Å². The highest BCUT2D eigenvalue weighted by atomic mass is 16.7. The van der Waals surface area contributed by atoms with Crippen molar-refractivity contribution in [1.82, 2.24) is 9.55 Å². The number of imidazole rings is 1. The Balaban J connectivity index is 1.83. The minimum atomic E-state index is -0.234. The Morgan fingerprint density at radius 3 is 3.00 bits per heavy atom. The molecule has 1 N–H and O–H groups in total. The summed E-state index contributed by atoms with van der Waals surface area (Å²) in [6, 6.07) is 5.06. The van der Waals surface area contributed by atoms with E-state index in [2.05, 4.69) is 10.3 Å². The Morgan fingerprint density at radius 2 is 2.22 bits per heavy atom. The number of rotatable bonds is 2. The summed E-state index contributed by atoms with van der Waals surface area (Å²) >= 11 is 0. The maximum absolute atomic E-state index is 12.0. The van der Waals surface area contributed by atoms with Crippen LogP contribution in [0.15, 0.2) is 30.6 Å². The van der Waals surface area contributed by atoms with Crippen molar-refractivity contribution in [3.8, 4) is 11.5 Å². The van der Waals surface area contributed by atoms with Crippen molar-refractivity contribution < 1.29 is 14.3 Å². The summed E-state index contributed by atoms with van der Waals surface area (Å²) in [4.78, 5) is 16.0. The highest BCUT2D eigenvalue weighted by molar-refractivity contribution is 6.03. The minimum absolute atomic E-state index is 0.194. The molecule has 2 heterocycles. The molecule has 1 aromatic heterocycles. The van der Waals surface area contributed by atoms with Gasteiger partial charge in [-0.2, -0.15) is 0 Å². The fraction of sp³-hybridized carbons (Fsp3) is 0.167. The standard InChI is InChI=1S/C12H11N3O3/c1-15-5-4-13-12(15)14-11(16)8-2-3-9-10(6-8)18-7-17-9/h2-6H,7H2,1H3,(H,13,14,16). The number of fused-ring (bicyclic) bond motifs is 1. The molecule has 0 bridgehead atoms. The normalized spacial score (nSPS) is 12.5. The molecule has 0 saturated carbocycles. The quantitative estimate of drug-likeness (QED) is 0.868. The van der Waals surface area contributed by atoms with Gasteiger partial charge in [0.05, 0.1) is 0 Å². The summed E-state index contributed by atoms with van der Waals surface area (Å²) in [6.07, 6.45) is 3.38. The fourth-order valence-electron chi connectivity index (χ4n) is 1.70. The predicted molar refractivity (Wildman–Crippen MR) is 63.7 cm³/mol. The van der Waals surface area contributed by atoms with Crippen molar-refractivity contribution in [2.24, 2.45) is 7.05 Å². The van der Waals surface area contributed by atoms with Crippen LogP contribution in [0.5, 0.6) is 11.5 Å². The molecule has 92 valence electrons. The van der Waals surface area contributed by atoms with Gasteiger partial charge in [0.25, 0.3) is 5.91 Å². The first-order valence-electron chi connectivity index (χ1n) is 5.42. The van der Waals surface area contributed by atoms with E-state index in [1.807, 2.05) is 7.05 Å². The van der Waals surface area contributed by atoms with E-state index in [9.17, 15) is 4.79 Å². The molecule has 0 saturated heterocycles. The molecule has 6 heteroatoms. The molecular weight excluding hydrogens is 234 g/mol. The fourth-order valence-corrected chi connectivity index (χ4v) is 1.70. The summed E-state index contributed by atoms with van der Waals surface area (Å²) in [5.41, 5.74) is 0.502. The van der Waals surface area contributed by atoms with Crippen molar-refractivity contribution in [2.75, 3.05) is 12.1 Å². The molecule has 1 aromatic carbocycles. The average Bonchev–Trinajstić information content (AvgIpc) is 2.98. The first-order chi connectivity index (χ1) is 8.74. The Labute approximate surface area is 103 Å². The van der Waals surface area contributed by atoms with Crippen LogP contribution in [0.2, 0.25) is 0 Å². The molecule has 0 radical (unpaired) electrons. The van der Waals surface area contributed by atoms with Crippen molar-refractivity contribution >= 4 is 11.9 Å². The molecule has 1 aliphatic rings. The van der Waals surface area contributed by atoms with Crippen LogP contribution in [0, 0.1) is 0 Å². The maximum atomic E-state index is 12.0. The van der Waals surface area contributed by atoms with E-state index in [1.54, 1.807) is 35.2 Å². The lowest BCUT2D eigenvalue weighted by atomic mass is 10.2. The second kappa shape index (κ2) is 4.06. The van der Waals surface area contributed by atoms with E-state index in [0.29, 0.717) is 23.0 Å². The van der Waals surface area contributed by atoms with E-state index in [0.717, 1.165) is 0 Å². The summed E-state index contributed by atoms with van der Waals surface area (Å²) in [6.45, 7) is 0.194. The molecule has 0 aliphatic carbocycles. The van der Waals surface area contributed by atoms with Gasteiger partial charge in [0.15, 0.2) is 11.5 Å². The SMILES string of the molecule is Cn1ccnc1NC(=O)c1ccc2c(c1)OCO2. The van der Waals surface area contributed by atoms with Gasteiger partial charge in [0.1, 0.15) is 0 Å². The van der Waals surface area contributed by atoms with Crippen molar-refractivity contribution in [1.29, 1.82) is 0 Å². The van der Waals surface area contributed by atoms with Gasteiger partial charge < -0.3 is 14.0 Å². The van der Waals surface area contributed by atoms with Crippen LogP contribution in [0.25, 0.3) is 0 Å². The van der Waals surface area contributed by atoms with E-state index in [1.165, 1.54) is 0 Å². The zero-order chi connectivity index (χ0) is 12.5. The Morgan fingerprint density at radius 1 is 1.39 bits per heavy atom. The second-order valence-electron chi connectivity index (χ2n) is 3.88. The number of hydrogen-bond acceptors (Lipinski definition) is 4. The van der Waals surface area contributed by atoms with Gasteiger partial charge in [0.2, 0.25) is 12.7 Å². The van der Waals surface area contributed by atoms with Gasteiger partial charge in [0, 0.05) is 25.0 Å². The molecule has 3 rings (SSSR count). The number of aromatic nitrogens is 2. The molecule has 2 aromatic rings. The number of carbonyl (C=O) groups excluding carboxylic acids is 1. The summed E-state index contributed by atoms with van der Waals surface area (Å²) < 4.78 is 12.1. The number of hydrogen-bond donors (Lipinski definition) is 1. The van der Waals surface area contributed by atoms with Gasteiger partial charge in [-0.1, -0.05) is 0 Å². The third-order valence-corrected chi connectivity index (χ3v) is 2.68. The first kappa shape index (κ1) is 10.6. The lowest BCUT2D eigenvalue weighted by molar-refractivity contribution is 0.102. The van der Waals surface area contributed by atoms with Crippen LogP contribution in [-0.2, 0) is 7.05 Å². The van der Waals surface area contributed by atoms with Crippen LogP contribution in [0.3, 0.4) is 0 Å². The van der Waals surface area contributed by atoms with Crippen molar-refractivity contribution in [2.45, 2.75) is 0 Å². The van der Waals surface area contributed by atoms with Crippen LogP contribution in [0.4, 0.5) is 5.95 Å². The zero-order valence-corrected chi connectivity index (χ0v) is 9.71. The number of carbonyl (C=O) groups is 1. The highest BCUT2D eigenvalue weighted by Gasteiger charge is 2.16. The van der Waals surface area contributed by atoms with E-state index in [4.69, 9.17) is 9.47 Å². The van der Waals surface area contributed by atoms with Gasteiger partial charge in [-0.15, -0.1) is 0 Å².